The number of hydrogen-bond donors (Lipinski definition) is 1. The van der Waals surface area contributed by atoms with Gasteiger partial charge in [-0.15, -0.1) is 5.10 Å². The van der Waals surface area contributed by atoms with Gasteiger partial charge in [0.15, 0.2) is 5.69 Å². The summed E-state index contributed by atoms with van der Waals surface area (Å²) in [7, 11) is 1.78. The van der Waals surface area contributed by atoms with Crippen LogP contribution in [0, 0.1) is 0 Å². The molecule has 0 aromatic carbocycles. The summed E-state index contributed by atoms with van der Waals surface area (Å²) in [5.74, 6) is -1.08. The van der Waals surface area contributed by atoms with Crippen molar-refractivity contribution in [1.82, 2.24) is 24.8 Å². The lowest BCUT2D eigenvalue weighted by atomic mass is 10.1. The van der Waals surface area contributed by atoms with Crippen molar-refractivity contribution in [3.63, 3.8) is 0 Å². The minimum atomic E-state index is -1.08. The SMILES string of the molecule is CCC(C)n1nnc(C(=O)O)c1-c1cnn(C)c1. The molecular weight excluding hydrogens is 234 g/mol. The Morgan fingerprint density at radius 2 is 2.28 bits per heavy atom. The molecule has 0 fully saturated rings. The van der Waals surface area contributed by atoms with Crippen LogP contribution in [0.5, 0.6) is 0 Å². The molecule has 2 aromatic heterocycles. The Morgan fingerprint density at radius 3 is 2.78 bits per heavy atom. The second-order valence-electron chi connectivity index (χ2n) is 4.20. The third-order valence-electron chi connectivity index (χ3n) is 2.88. The highest BCUT2D eigenvalue weighted by molar-refractivity contribution is 5.92. The van der Waals surface area contributed by atoms with E-state index in [1.54, 1.807) is 28.8 Å². The van der Waals surface area contributed by atoms with Crippen LogP contribution in [0.2, 0.25) is 0 Å². The van der Waals surface area contributed by atoms with Crippen LogP contribution in [0.4, 0.5) is 0 Å². The van der Waals surface area contributed by atoms with Gasteiger partial charge in [0.2, 0.25) is 0 Å². The summed E-state index contributed by atoms with van der Waals surface area (Å²) in [5.41, 5.74) is 1.17. The molecule has 7 heteroatoms. The lowest BCUT2D eigenvalue weighted by molar-refractivity contribution is 0.0691. The highest BCUT2D eigenvalue weighted by atomic mass is 16.4. The molecule has 1 atom stereocenters. The lowest BCUT2D eigenvalue weighted by Crippen LogP contribution is -2.08. The minimum absolute atomic E-state index is 0.0386. The summed E-state index contributed by atoms with van der Waals surface area (Å²) in [6.07, 6.45) is 4.21. The molecule has 2 aromatic rings. The Kier molecular flexibility index (Phi) is 3.14. The normalized spacial score (nSPS) is 12.6. The van der Waals surface area contributed by atoms with Crippen LogP contribution in [-0.4, -0.2) is 35.9 Å². The van der Waals surface area contributed by atoms with Gasteiger partial charge in [-0.1, -0.05) is 12.1 Å². The number of carbonyl (C=O) groups is 1. The fourth-order valence-corrected chi connectivity index (χ4v) is 1.73. The van der Waals surface area contributed by atoms with Crippen LogP contribution in [0.1, 0.15) is 36.8 Å². The van der Waals surface area contributed by atoms with Gasteiger partial charge >= 0.3 is 5.97 Å². The van der Waals surface area contributed by atoms with Gasteiger partial charge in [0.05, 0.1) is 12.2 Å². The van der Waals surface area contributed by atoms with E-state index in [-0.39, 0.29) is 11.7 Å². The van der Waals surface area contributed by atoms with Crippen molar-refractivity contribution >= 4 is 5.97 Å². The molecule has 2 heterocycles. The molecular formula is C11H15N5O2. The molecule has 1 N–H and O–H groups in total. The fourth-order valence-electron chi connectivity index (χ4n) is 1.73. The van der Waals surface area contributed by atoms with Gasteiger partial charge in [-0.05, 0) is 13.3 Å². The molecule has 0 aliphatic carbocycles. The Balaban J connectivity index is 2.60. The first-order chi connectivity index (χ1) is 8.54. The van der Waals surface area contributed by atoms with Crippen molar-refractivity contribution in [1.29, 1.82) is 0 Å². The van der Waals surface area contributed by atoms with E-state index in [1.165, 1.54) is 0 Å². The number of nitrogens with zero attached hydrogens (tertiary/aromatic N) is 5. The van der Waals surface area contributed by atoms with Gasteiger partial charge in [0.25, 0.3) is 0 Å². The van der Waals surface area contributed by atoms with Crippen LogP contribution in [0.25, 0.3) is 11.3 Å². The molecule has 0 aliphatic heterocycles. The molecule has 7 nitrogen and oxygen atoms in total. The number of aromatic carboxylic acids is 1. The van der Waals surface area contributed by atoms with Crippen molar-refractivity contribution in [2.24, 2.45) is 7.05 Å². The van der Waals surface area contributed by atoms with Crippen molar-refractivity contribution in [3.05, 3.63) is 18.1 Å². The van der Waals surface area contributed by atoms with Crippen molar-refractivity contribution in [2.45, 2.75) is 26.3 Å². The van der Waals surface area contributed by atoms with Gasteiger partial charge in [-0.2, -0.15) is 5.10 Å². The molecule has 1 unspecified atom stereocenters. The van der Waals surface area contributed by atoms with Crippen molar-refractivity contribution < 1.29 is 9.90 Å². The van der Waals surface area contributed by atoms with E-state index in [0.29, 0.717) is 11.3 Å². The van der Waals surface area contributed by atoms with Crippen molar-refractivity contribution in [3.8, 4) is 11.3 Å². The van der Waals surface area contributed by atoms with Crippen molar-refractivity contribution in [2.75, 3.05) is 0 Å². The van der Waals surface area contributed by atoms with Gasteiger partial charge < -0.3 is 5.11 Å². The number of hydrogen-bond acceptors (Lipinski definition) is 4. The zero-order valence-corrected chi connectivity index (χ0v) is 10.5. The third kappa shape index (κ3) is 1.99. The second kappa shape index (κ2) is 4.59. The Labute approximate surface area is 104 Å². The van der Waals surface area contributed by atoms with Gasteiger partial charge in [-0.25, -0.2) is 9.48 Å². The summed E-state index contributed by atoms with van der Waals surface area (Å²) < 4.78 is 3.26. The fraction of sp³-hybridized carbons (Fsp3) is 0.455. The van der Waals surface area contributed by atoms with E-state index in [9.17, 15) is 4.79 Å². The lowest BCUT2D eigenvalue weighted by Gasteiger charge is -2.11. The predicted octanol–water partition coefficient (Wildman–Crippen LogP) is 1.35. The van der Waals surface area contributed by atoms with Gasteiger partial charge in [0.1, 0.15) is 5.69 Å². The average molecular weight is 249 g/mol. The zero-order valence-electron chi connectivity index (χ0n) is 10.5. The van der Waals surface area contributed by atoms with E-state index in [2.05, 4.69) is 15.4 Å². The first-order valence-electron chi connectivity index (χ1n) is 5.72. The van der Waals surface area contributed by atoms with Crippen LogP contribution in [0.3, 0.4) is 0 Å². The standard InChI is InChI=1S/C11H15N5O2/c1-4-7(2)16-10(8-5-12-15(3)6-8)9(11(17)18)13-14-16/h5-7H,4H2,1-3H3,(H,17,18). The molecule has 0 saturated carbocycles. The first kappa shape index (κ1) is 12.3. The maximum atomic E-state index is 11.2. The van der Waals surface area contributed by atoms with Crippen LogP contribution in [-0.2, 0) is 7.05 Å². The number of carboxylic acid groups (broad SMARTS) is 1. The van der Waals surface area contributed by atoms with E-state index < -0.39 is 5.97 Å². The van der Waals surface area contributed by atoms with Crippen LogP contribution >= 0.6 is 0 Å². The highest BCUT2D eigenvalue weighted by Crippen LogP contribution is 2.25. The Bertz CT molecular complexity index is 572. The Hall–Kier alpha value is -2.18. The first-order valence-corrected chi connectivity index (χ1v) is 5.72. The summed E-state index contributed by atoms with van der Waals surface area (Å²) in [6, 6.07) is 0.0841. The molecule has 0 bridgehead atoms. The monoisotopic (exact) mass is 249 g/mol. The Morgan fingerprint density at radius 1 is 1.56 bits per heavy atom. The van der Waals surface area contributed by atoms with Gasteiger partial charge in [0, 0.05) is 18.8 Å². The zero-order chi connectivity index (χ0) is 13.3. The number of aryl methyl sites for hydroxylation is 1. The van der Waals surface area contributed by atoms with Crippen LogP contribution in [0.15, 0.2) is 12.4 Å². The number of aromatic nitrogens is 5. The van der Waals surface area contributed by atoms with Gasteiger partial charge in [-0.3, -0.25) is 4.68 Å². The molecule has 0 aliphatic rings. The van der Waals surface area contributed by atoms with E-state index in [0.717, 1.165) is 6.42 Å². The summed E-state index contributed by atoms with van der Waals surface area (Å²) in [6.45, 7) is 3.99. The summed E-state index contributed by atoms with van der Waals surface area (Å²) in [5, 5.41) is 20.9. The van der Waals surface area contributed by atoms with Crippen LogP contribution < -0.4 is 0 Å². The highest BCUT2D eigenvalue weighted by Gasteiger charge is 2.23. The summed E-state index contributed by atoms with van der Waals surface area (Å²) >= 11 is 0. The quantitative estimate of drug-likeness (QED) is 0.883. The maximum Gasteiger partial charge on any atom is 0.358 e. The number of carboxylic acids is 1. The number of rotatable bonds is 4. The largest absolute Gasteiger partial charge is 0.476 e. The van der Waals surface area contributed by atoms with E-state index in [1.807, 2.05) is 13.8 Å². The smallest absolute Gasteiger partial charge is 0.358 e. The molecule has 2 rings (SSSR count). The third-order valence-corrected chi connectivity index (χ3v) is 2.88. The molecule has 0 radical (unpaired) electrons. The molecule has 0 amide bonds. The minimum Gasteiger partial charge on any atom is -0.476 e. The average Bonchev–Trinajstić information content (AvgIpc) is 2.93. The molecule has 0 saturated heterocycles. The summed E-state index contributed by atoms with van der Waals surface area (Å²) in [4.78, 5) is 11.2. The van der Waals surface area contributed by atoms with E-state index >= 15 is 0 Å². The second-order valence-corrected chi connectivity index (χ2v) is 4.20. The predicted molar refractivity (Wildman–Crippen MR) is 64.2 cm³/mol. The van der Waals surface area contributed by atoms with E-state index in [4.69, 9.17) is 5.11 Å². The topological polar surface area (TPSA) is 85.8 Å². The molecule has 18 heavy (non-hydrogen) atoms. The maximum absolute atomic E-state index is 11.2. The molecule has 0 spiro atoms. The molecule has 96 valence electrons.